The largest absolute Gasteiger partial charge is 0.399 e. The minimum absolute atomic E-state index is 0.648. The highest BCUT2D eigenvalue weighted by atomic mass is 79.9. The Morgan fingerprint density at radius 3 is 2.64 bits per heavy atom. The molecule has 76 valence electrons. The van der Waals surface area contributed by atoms with Gasteiger partial charge in [0.05, 0.1) is 0 Å². The monoisotopic (exact) mass is 254 g/mol. The van der Waals surface area contributed by atoms with E-state index in [1.54, 1.807) is 0 Å². The molecule has 0 radical (unpaired) electrons. The molecular weight excluding hydrogens is 240 g/mol. The fraction of sp³-hybridized carbons (Fsp3) is 0.455. The van der Waals surface area contributed by atoms with Crippen LogP contribution in [-0.2, 0) is 0 Å². The second-order valence-corrected chi connectivity index (χ2v) is 4.72. The highest BCUT2D eigenvalue weighted by Gasteiger charge is 2.15. The molecule has 2 nitrogen and oxygen atoms in total. The molecule has 0 atom stereocenters. The Morgan fingerprint density at radius 2 is 2.00 bits per heavy atom. The Morgan fingerprint density at radius 1 is 1.29 bits per heavy atom. The lowest BCUT2D eigenvalue weighted by Gasteiger charge is -2.15. The lowest BCUT2D eigenvalue weighted by Crippen LogP contribution is -2.14. The first-order valence-corrected chi connectivity index (χ1v) is 5.86. The van der Waals surface area contributed by atoms with Crippen molar-refractivity contribution in [2.24, 2.45) is 0 Å². The molecule has 0 bridgehead atoms. The van der Waals surface area contributed by atoms with Gasteiger partial charge in [-0.3, -0.25) is 0 Å². The summed E-state index contributed by atoms with van der Waals surface area (Å²) in [5.41, 5.74) is 7.64. The van der Waals surface area contributed by atoms with E-state index in [0.717, 1.165) is 15.8 Å². The van der Waals surface area contributed by atoms with Gasteiger partial charge in [-0.15, -0.1) is 0 Å². The SMILES string of the molecule is Nc1ccc(NC2CCCC2)c(Br)c1. The summed E-state index contributed by atoms with van der Waals surface area (Å²) in [7, 11) is 0. The second-order valence-electron chi connectivity index (χ2n) is 3.87. The average Bonchev–Trinajstić information content (AvgIpc) is 2.62. The molecule has 3 heteroatoms. The molecular formula is C11H15BrN2. The molecule has 1 aromatic carbocycles. The molecule has 0 aliphatic heterocycles. The van der Waals surface area contributed by atoms with Gasteiger partial charge in [0.25, 0.3) is 0 Å². The fourth-order valence-electron chi connectivity index (χ4n) is 1.94. The number of halogens is 1. The van der Waals surface area contributed by atoms with Crippen molar-refractivity contribution in [3.8, 4) is 0 Å². The molecule has 0 aromatic heterocycles. The van der Waals surface area contributed by atoms with E-state index in [9.17, 15) is 0 Å². The van der Waals surface area contributed by atoms with Gasteiger partial charge >= 0.3 is 0 Å². The predicted octanol–water partition coefficient (Wildman–Crippen LogP) is 3.39. The van der Waals surface area contributed by atoms with Crippen molar-refractivity contribution in [2.45, 2.75) is 31.7 Å². The summed E-state index contributed by atoms with van der Waals surface area (Å²) in [6, 6.07) is 6.56. The summed E-state index contributed by atoms with van der Waals surface area (Å²) in [5.74, 6) is 0. The summed E-state index contributed by atoms with van der Waals surface area (Å²) in [6.45, 7) is 0. The standard InChI is InChI=1S/C11H15BrN2/c12-10-7-8(13)5-6-11(10)14-9-3-1-2-4-9/h5-7,9,14H,1-4,13H2. The fourth-order valence-corrected chi connectivity index (χ4v) is 2.45. The number of nitrogens with two attached hydrogens (primary N) is 1. The maximum Gasteiger partial charge on any atom is 0.0488 e. The maximum atomic E-state index is 5.68. The highest BCUT2D eigenvalue weighted by molar-refractivity contribution is 9.10. The van der Waals surface area contributed by atoms with Crippen LogP contribution < -0.4 is 11.1 Å². The molecule has 2 rings (SSSR count). The van der Waals surface area contributed by atoms with Crippen LogP contribution >= 0.6 is 15.9 Å². The van der Waals surface area contributed by atoms with Crippen LogP contribution in [0.25, 0.3) is 0 Å². The molecule has 0 spiro atoms. The van der Waals surface area contributed by atoms with Crippen LogP contribution in [0, 0.1) is 0 Å². The van der Waals surface area contributed by atoms with Crippen LogP contribution in [0.5, 0.6) is 0 Å². The summed E-state index contributed by atoms with van der Waals surface area (Å²) < 4.78 is 1.06. The lowest BCUT2D eigenvalue weighted by atomic mass is 10.2. The van der Waals surface area contributed by atoms with Gasteiger partial charge in [0.2, 0.25) is 0 Å². The summed E-state index contributed by atoms with van der Waals surface area (Å²) in [4.78, 5) is 0. The third-order valence-corrected chi connectivity index (χ3v) is 3.36. The van der Waals surface area contributed by atoms with Crippen LogP contribution in [-0.4, -0.2) is 6.04 Å². The quantitative estimate of drug-likeness (QED) is 0.795. The van der Waals surface area contributed by atoms with Gasteiger partial charge in [-0.1, -0.05) is 12.8 Å². The van der Waals surface area contributed by atoms with Crippen LogP contribution in [0.1, 0.15) is 25.7 Å². The van der Waals surface area contributed by atoms with E-state index in [0.29, 0.717) is 6.04 Å². The van der Waals surface area contributed by atoms with E-state index >= 15 is 0 Å². The van der Waals surface area contributed by atoms with Crippen LogP contribution in [0.3, 0.4) is 0 Å². The van der Waals surface area contributed by atoms with Crippen LogP contribution in [0.4, 0.5) is 11.4 Å². The lowest BCUT2D eigenvalue weighted by molar-refractivity contribution is 0.755. The molecule has 0 amide bonds. The number of benzene rings is 1. The molecule has 1 aliphatic carbocycles. The Bertz CT molecular complexity index is 319. The molecule has 1 saturated carbocycles. The third kappa shape index (κ3) is 2.21. The Balaban J connectivity index is 2.08. The third-order valence-electron chi connectivity index (χ3n) is 2.71. The first-order valence-electron chi connectivity index (χ1n) is 5.07. The average molecular weight is 255 g/mol. The zero-order valence-corrected chi connectivity index (χ0v) is 9.68. The topological polar surface area (TPSA) is 38.0 Å². The van der Waals surface area contributed by atoms with Crippen molar-refractivity contribution in [1.29, 1.82) is 0 Å². The maximum absolute atomic E-state index is 5.68. The highest BCUT2D eigenvalue weighted by Crippen LogP contribution is 2.28. The molecule has 1 fully saturated rings. The number of nitrogens with one attached hydrogen (secondary N) is 1. The zero-order valence-electron chi connectivity index (χ0n) is 8.09. The number of anilines is 2. The first-order chi connectivity index (χ1) is 6.75. The van der Waals surface area contributed by atoms with Crippen molar-refractivity contribution >= 4 is 27.3 Å². The van der Waals surface area contributed by atoms with E-state index in [-0.39, 0.29) is 0 Å². The first kappa shape index (κ1) is 9.84. The predicted molar refractivity (Wildman–Crippen MR) is 64.4 cm³/mol. The van der Waals surface area contributed by atoms with Crippen molar-refractivity contribution in [1.82, 2.24) is 0 Å². The molecule has 14 heavy (non-hydrogen) atoms. The Kier molecular flexibility index (Phi) is 2.96. The van der Waals surface area contributed by atoms with Crippen molar-refractivity contribution in [2.75, 3.05) is 11.1 Å². The number of hydrogen-bond donors (Lipinski definition) is 2. The van der Waals surface area contributed by atoms with Gasteiger partial charge in [-0.2, -0.15) is 0 Å². The van der Waals surface area contributed by atoms with E-state index in [1.807, 2.05) is 18.2 Å². The minimum atomic E-state index is 0.648. The van der Waals surface area contributed by atoms with Gasteiger partial charge in [-0.05, 0) is 47.0 Å². The van der Waals surface area contributed by atoms with Crippen molar-refractivity contribution in [3.63, 3.8) is 0 Å². The summed E-state index contributed by atoms with van der Waals surface area (Å²) in [5, 5.41) is 3.53. The van der Waals surface area contributed by atoms with Gasteiger partial charge in [-0.25, -0.2) is 0 Å². The Labute approximate surface area is 93.0 Å². The van der Waals surface area contributed by atoms with Gasteiger partial charge < -0.3 is 11.1 Å². The van der Waals surface area contributed by atoms with E-state index in [1.165, 1.54) is 25.7 Å². The van der Waals surface area contributed by atoms with E-state index in [2.05, 4.69) is 21.2 Å². The molecule has 0 saturated heterocycles. The number of rotatable bonds is 2. The number of nitrogen functional groups attached to an aromatic ring is 1. The number of hydrogen-bond acceptors (Lipinski definition) is 2. The normalized spacial score (nSPS) is 17.2. The summed E-state index contributed by atoms with van der Waals surface area (Å²) in [6.07, 6.45) is 5.28. The van der Waals surface area contributed by atoms with E-state index < -0.39 is 0 Å². The van der Waals surface area contributed by atoms with Crippen LogP contribution in [0.2, 0.25) is 0 Å². The van der Waals surface area contributed by atoms with Gasteiger partial charge in [0.15, 0.2) is 0 Å². The van der Waals surface area contributed by atoms with Crippen molar-refractivity contribution in [3.05, 3.63) is 22.7 Å². The molecule has 3 N–H and O–H groups in total. The van der Waals surface area contributed by atoms with Gasteiger partial charge in [0, 0.05) is 21.9 Å². The smallest absolute Gasteiger partial charge is 0.0488 e. The molecule has 0 heterocycles. The Hall–Kier alpha value is -0.700. The zero-order chi connectivity index (χ0) is 9.97. The summed E-state index contributed by atoms with van der Waals surface area (Å²) >= 11 is 3.51. The van der Waals surface area contributed by atoms with Gasteiger partial charge in [0.1, 0.15) is 0 Å². The second kappa shape index (κ2) is 4.22. The van der Waals surface area contributed by atoms with Crippen LogP contribution in [0.15, 0.2) is 22.7 Å². The molecule has 1 aliphatic rings. The van der Waals surface area contributed by atoms with E-state index in [4.69, 9.17) is 5.73 Å². The minimum Gasteiger partial charge on any atom is -0.399 e. The van der Waals surface area contributed by atoms with Crippen molar-refractivity contribution < 1.29 is 0 Å². The molecule has 0 unspecified atom stereocenters. The molecule has 1 aromatic rings.